The summed E-state index contributed by atoms with van der Waals surface area (Å²) in [5.74, 6) is 16.7. The third-order valence-corrected chi connectivity index (χ3v) is 2.55. The minimum Gasteiger partial charge on any atom is -0.493 e. The van der Waals surface area contributed by atoms with Crippen molar-refractivity contribution in [3.63, 3.8) is 0 Å². The van der Waals surface area contributed by atoms with E-state index >= 15 is 0 Å². The van der Waals surface area contributed by atoms with E-state index in [0.29, 0.717) is 6.61 Å². The van der Waals surface area contributed by atoms with E-state index < -0.39 is 0 Å². The molecule has 2 aliphatic rings. The van der Waals surface area contributed by atoms with E-state index in [1.54, 1.807) is 13.0 Å². The Bertz CT molecular complexity index is 487. The molecule has 0 saturated carbocycles. The van der Waals surface area contributed by atoms with Gasteiger partial charge in [-0.15, -0.1) is 11.6 Å². The number of hydrogen-bond donors (Lipinski definition) is 0. The standard InChI is InChI=1S/C13H9ClO2/c1-2-3-4-5-6-7-8-11-13-12(16-13)10(14)9-15-11/h8,10,12-13H,9H2,1H3/t10-,12+,13-/m1/s1. The van der Waals surface area contributed by atoms with Gasteiger partial charge in [-0.3, -0.25) is 0 Å². The smallest absolute Gasteiger partial charge is 0.143 e. The van der Waals surface area contributed by atoms with Gasteiger partial charge in [0.15, 0.2) is 0 Å². The minimum atomic E-state index is -0.0465. The first kappa shape index (κ1) is 11.0. The molecule has 2 nitrogen and oxygen atoms in total. The number of hydrogen-bond acceptors (Lipinski definition) is 2. The lowest BCUT2D eigenvalue weighted by molar-refractivity contribution is 0.185. The average molecular weight is 233 g/mol. The van der Waals surface area contributed by atoms with Crippen LogP contribution in [0, 0.1) is 35.5 Å². The van der Waals surface area contributed by atoms with Crippen molar-refractivity contribution in [1.29, 1.82) is 0 Å². The van der Waals surface area contributed by atoms with Crippen molar-refractivity contribution in [2.24, 2.45) is 0 Å². The molecule has 0 N–H and O–H groups in total. The van der Waals surface area contributed by atoms with E-state index in [1.807, 2.05) is 0 Å². The first-order valence-corrected chi connectivity index (χ1v) is 5.31. The fraction of sp³-hybridized carbons (Fsp3) is 0.385. The van der Waals surface area contributed by atoms with Gasteiger partial charge >= 0.3 is 0 Å². The van der Waals surface area contributed by atoms with Crippen LogP contribution in [0.25, 0.3) is 0 Å². The van der Waals surface area contributed by atoms with Gasteiger partial charge in [-0.05, 0) is 30.6 Å². The van der Waals surface area contributed by atoms with Crippen molar-refractivity contribution >= 4 is 11.6 Å². The predicted octanol–water partition coefficient (Wildman–Crippen LogP) is 1.31. The molecule has 0 aliphatic carbocycles. The van der Waals surface area contributed by atoms with Crippen LogP contribution in [-0.2, 0) is 9.47 Å². The Hall–Kier alpha value is -1.53. The van der Waals surface area contributed by atoms with Crippen LogP contribution in [0.2, 0.25) is 0 Å². The van der Waals surface area contributed by atoms with Crippen LogP contribution < -0.4 is 0 Å². The maximum Gasteiger partial charge on any atom is 0.143 e. The van der Waals surface area contributed by atoms with E-state index in [0.717, 1.165) is 5.76 Å². The van der Waals surface area contributed by atoms with Gasteiger partial charge in [-0.1, -0.05) is 11.8 Å². The number of halogens is 1. The van der Waals surface area contributed by atoms with E-state index in [1.165, 1.54) is 0 Å². The molecule has 0 spiro atoms. The van der Waals surface area contributed by atoms with Crippen molar-refractivity contribution in [3.05, 3.63) is 11.8 Å². The second-order valence-corrected chi connectivity index (χ2v) is 3.85. The molecular formula is C13H9ClO2. The molecule has 2 heterocycles. The molecule has 0 unspecified atom stereocenters. The van der Waals surface area contributed by atoms with Crippen molar-refractivity contribution < 1.29 is 9.47 Å². The number of ether oxygens (including phenoxy) is 2. The molecule has 2 fully saturated rings. The van der Waals surface area contributed by atoms with Crippen molar-refractivity contribution in [2.75, 3.05) is 6.61 Å². The molecule has 0 aromatic carbocycles. The maximum absolute atomic E-state index is 5.94. The van der Waals surface area contributed by atoms with Gasteiger partial charge < -0.3 is 9.47 Å². The molecular weight excluding hydrogens is 224 g/mol. The predicted molar refractivity (Wildman–Crippen MR) is 61.3 cm³/mol. The number of allylic oxidation sites excluding steroid dienone is 1. The van der Waals surface area contributed by atoms with Gasteiger partial charge in [0.1, 0.15) is 24.6 Å². The Kier molecular flexibility index (Phi) is 3.43. The molecule has 2 aliphatic heterocycles. The number of alkyl halides is 1. The first-order valence-electron chi connectivity index (χ1n) is 4.87. The lowest BCUT2D eigenvalue weighted by atomic mass is 10.1. The van der Waals surface area contributed by atoms with Gasteiger partial charge in [0.25, 0.3) is 0 Å². The molecule has 2 saturated heterocycles. The average Bonchev–Trinajstić information content (AvgIpc) is 3.07. The van der Waals surface area contributed by atoms with Crippen molar-refractivity contribution in [1.82, 2.24) is 0 Å². The van der Waals surface area contributed by atoms with Crippen molar-refractivity contribution in [3.8, 4) is 35.5 Å². The van der Waals surface area contributed by atoms with Crippen LogP contribution in [0.3, 0.4) is 0 Å². The SMILES string of the molecule is CC#CC#CC#CC=C1OC[C@@H](Cl)[C@@H]2O[C@H]12. The normalized spacial score (nSPS) is 31.6. The summed E-state index contributed by atoms with van der Waals surface area (Å²) in [6, 6.07) is 0. The highest BCUT2D eigenvalue weighted by atomic mass is 35.5. The van der Waals surface area contributed by atoms with E-state index in [-0.39, 0.29) is 17.6 Å². The molecule has 80 valence electrons. The second kappa shape index (κ2) is 5.00. The molecule has 0 bridgehead atoms. The highest BCUT2D eigenvalue weighted by Crippen LogP contribution is 2.38. The monoisotopic (exact) mass is 232 g/mol. The fourth-order valence-electron chi connectivity index (χ4n) is 1.37. The lowest BCUT2D eigenvalue weighted by Crippen LogP contribution is -2.24. The number of fused-ring (bicyclic) bond motifs is 1. The fourth-order valence-corrected chi connectivity index (χ4v) is 1.63. The maximum atomic E-state index is 5.94. The molecule has 0 amide bonds. The minimum absolute atomic E-state index is 0.00561. The third kappa shape index (κ3) is 2.53. The van der Waals surface area contributed by atoms with Gasteiger partial charge in [0.05, 0.1) is 5.38 Å². The van der Waals surface area contributed by atoms with Crippen LogP contribution in [0.1, 0.15) is 6.92 Å². The Morgan fingerprint density at radius 3 is 2.94 bits per heavy atom. The van der Waals surface area contributed by atoms with E-state index in [2.05, 4.69) is 35.5 Å². The Morgan fingerprint density at radius 1 is 1.31 bits per heavy atom. The Morgan fingerprint density at radius 2 is 2.12 bits per heavy atom. The van der Waals surface area contributed by atoms with Gasteiger partial charge in [-0.2, -0.15) is 0 Å². The molecule has 3 atom stereocenters. The summed E-state index contributed by atoms with van der Waals surface area (Å²) in [5, 5.41) is -0.0465. The summed E-state index contributed by atoms with van der Waals surface area (Å²) < 4.78 is 10.7. The Labute approximate surface area is 99.9 Å². The second-order valence-electron chi connectivity index (χ2n) is 3.29. The van der Waals surface area contributed by atoms with Gasteiger partial charge in [0, 0.05) is 6.08 Å². The highest BCUT2D eigenvalue weighted by molar-refractivity contribution is 6.21. The summed E-state index contributed by atoms with van der Waals surface area (Å²) in [5.41, 5.74) is 0. The summed E-state index contributed by atoms with van der Waals surface area (Å²) in [4.78, 5) is 0. The van der Waals surface area contributed by atoms with E-state index in [4.69, 9.17) is 21.1 Å². The van der Waals surface area contributed by atoms with Gasteiger partial charge in [0.2, 0.25) is 0 Å². The summed E-state index contributed by atoms with van der Waals surface area (Å²) in [7, 11) is 0. The summed E-state index contributed by atoms with van der Waals surface area (Å²) in [6.07, 6.45) is 1.77. The quantitative estimate of drug-likeness (QED) is 0.357. The zero-order valence-corrected chi connectivity index (χ0v) is 9.47. The lowest BCUT2D eigenvalue weighted by Gasteiger charge is -2.15. The zero-order valence-electron chi connectivity index (χ0n) is 8.71. The van der Waals surface area contributed by atoms with Gasteiger partial charge in [-0.25, -0.2) is 0 Å². The first-order chi connectivity index (χ1) is 7.83. The third-order valence-electron chi connectivity index (χ3n) is 2.17. The topological polar surface area (TPSA) is 21.8 Å². The van der Waals surface area contributed by atoms with Crippen LogP contribution in [-0.4, -0.2) is 24.2 Å². The van der Waals surface area contributed by atoms with Crippen LogP contribution in [0.4, 0.5) is 0 Å². The summed E-state index contributed by atoms with van der Waals surface area (Å²) >= 11 is 5.94. The number of epoxide rings is 1. The van der Waals surface area contributed by atoms with Crippen LogP contribution in [0.15, 0.2) is 11.8 Å². The highest BCUT2D eigenvalue weighted by Gasteiger charge is 2.51. The van der Waals surface area contributed by atoms with Crippen LogP contribution in [0.5, 0.6) is 0 Å². The largest absolute Gasteiger partial charge is 0.493 e. The van der Waals surface area contributed by atoms with Crippen LogP contribution >= 0.6 is 11.6 Å². The van der Waals surface area contributed by atoms with E-state index in [9.17, 15) is 0 Å². The zero-order chi connectivity index (χ0) is 11.4. The molecule has 0 aromatic heterocycles. The molecule has 16 heavy (non-hydrogen) atoms. The number of rotatable bonds is 0. The molecule has 0 aromatic rings. The molecule has 3 heteroatoms. The van der Waals surface area contributed by atoms with Crippen molar-refractivity contribution in [2.45, 2.75) is 24.5 Å². The summed E-state index contributed by atoms with van der Waals surface area (Å²) in [6.45, 7) is 2.20. The molecule has 0 radical (unpaired) electrons. The Balaban J connectivity index is 1.94. The molecule has 2 rings (SSSR count).